The number of rotatable bonds is 6. The van der Waals surface area contributed by atoms with Crippen LogP contribution >= 0.6 is 0 Å². The van der Waals surface area contributed by atoms with Crippen LogP contribution in [0.2, 0.25) is 0 Å². The molecular weight excluding hydrogens is 348 g/mol. The molecule has 28 heavy (non-hydrogen) atoms. The zero-order valence-corrected chi connectivity index (χ0v) is 17.3. The molecule has 0 spiro atoms. The lowest BCUT2D eigenvalue weighted by atomic mass is 10.1. The van der Waals surface area contributed by atoms with E-state index in [4.69, 9.17) is 0 Å². The minimum atomic E-state index is -0.0115. The summed E-state index contributed by atoms with van der Waals surface area (Å²) in [6.45, 7) is 11.8. The van der Waals surface area contributed by atoms with Crippen molar-refractivity contribution in [2.45, 2.75) is 26.8 Å². The predicted molar refractivity (Wildman–Crippen MR) is 117 cm³/mol. The minimum absolute atomic E-state index is 0.0115. The molecule has 2 aromatic carbocycles. The molecular formula is C23H32N4O. The first-order chi connectivity index (χ1) is 13.6. The Morgan fingerprint density at radius 1 is 0.964 bits per heavy atom. The van der Waals surface area contributed by atoms with Gasteiger partial charge in [0.25, 0.3) is 0 Å². The molecule has 2 amide bonds. The Balaban J connectivity index is 1.51. The Bertz CT molecular complexity index is 735. The van der Waals surface area contributed by atoms with E-state index in [9.17, 15) is 4.79 Å². The van der Waals surface area contributed by atoms with Crippen LogP contribution in [0.5, 0.6) is 0 Å². The van der Waals surface area contributed by atoms with E-state index in [-0.39, 0.29) is 6.03 Å². The SMILES string of the molecule is CCN(CC)c1ccc(NC(=O)N2CCN(C(C)c3ccccc3)CC2)cc1. The largest absolute Gasteiger partial charge is 0.372 e. The number of hydrogen-bond acceptors (Lipinski definition) is 3. The summed E-state index contributed by atoms with van der Waals surface area (Å²) in [6, 6.07) is 19.0. The number of nitrogens with one attached hydrogen (secondary N) is 1. The van der Waals surface area contributed by atoms with E-state index in [1.54, 1.807) is 0 Å². The Morgan fingerprint density at radius 2 is 1.57 bits per heavy atom. The van der Waals surface area contributed by atoms with E-state index in [1.807, 2.05) is 23.1 Å². The van der Waals surface area contributed by atoms with Gasteiger partial charge in [0.15, 0.2) is 0 Å². The van der Waals surface area contributed by atoms with Gasteiger partial charge < -0.3 is 15.1 Å². The Kier molecular flexibility index (Phi) is 6.93. The molecule has 1 aliphatic rings. The van der Waals surface area contributed by atoms with E-state index >= 15 is 0 Å². The molecule has 1 atom stereocenters. The van der Waals surface area contributed by atoms with Crippen LogP contribution in [0, 0.1) is 0 Å². The molecule has 1 N–H and O–H groups in total. The monoisotopic (exact) mass is 380 g/mol. The van der Waals surface area contributed by atoms with Crippen LogP contribution in [0.25, 0.3) is 0 Å². The molecule has 1 heterocycles. The third kappa shape index (κ3) is 4.84. The van der Waals surface area contributed by atoms with Gasteiger partial charge in [-0.25, -0.2) is 4.79 Å². The summed E-state index contributed by atoms with van der Waals surface area (Å²) < 4.78 is 0. The number of piperazine rings is 1. The van der Waals surface area contributed by atoms with Crippen molar-refractivity contribution in [3.05, 3.63) is 60.2 Å². The first kappa shape index (κ1) is 20.2. The van der Waals surface area contributed by atoms with E-state index in [0.29, 0.717) is 6.04 Å². The molecule has 1 fully saturated rings. The summed E-state index contributed by atoms with van der Waals surface area (Å²) in [5, 5.41) is 3.04. The Labute approximate surface area is 168 Å². The lowest BCUT2D eigenvalue weighted by Crippen LogP contribution is -2.50. The fourth-order valence-corrected chi connectivity index (χ4v) is 3.80. The maximum atomic E-state index is 12.6. The fourth-order valence-electron chi connectivity index (χ4n) is 3.80. The lowest BCUT2D eigenvalue weighted by molar-refractivity contribution is 0.119. The summed E-state index contributed by atoms with van der Waals surface area (Å²) in [6.07, 6.45) is 0. The van der Waals surface area contributed by atoms with Crippen molar-refractivity contribution in [2.75, 3.05) is 49.5 Å². The number of carbonyl (C=O) groups excluding carboxylic acids is 1. The highest BCUT2D eigenvalue weighted by molar-refractivity contribution is 5.89. The summed E-state index contributed by atoms with van der Waals surface area (Å²) in [5.41, 5.74) is 3.36. The van der Waals surface area contributed by atoms with Gasteiger partial charge in [0.05, 0.1) is 0 Å². The topological polar surface area (TPSA) is 38.8 Å². The number of benzene rings is 2. The first-order valence-electron chi connectivity index (χ1n) is 10.3. The molecule has 0 saturated carbocycles. The van der Waals surface area contributed by atoms with Crippen LogP contribution in [-0.2, 0) is 0 Å². The summed E-state index contributed by atoms with van der Waals surface area (Å²) in [5.74, 6) is 0. The number of hydrogen-bond donors (Lipinski definition) is 1. The molecule has 5 heteroatoms. The molecule has 0 radical (unpaired) electrons. The van der Waals surface area contributed by atoms with Gasteiger partial charge in [-0.1, -0.05) is 30.3 Å². The number of amides is 2. The molecule has 2 aromatic rings. The van der Waals surface area contributed by atoms with Crippen LogP contribution in [0.3, 0.4) is 0 Å². The van der Waals surface area contributed by atoms with Gasteiger partial charge >= 0.3 is 6.03 Å². The normalized spacial score (nSPS) is 15.9. The summed E-state index contributed by atoms with van der Waals surface area (Å²) in [4.78, 5) is 19.3. The van der Waals surface area contributed by atoms with Gasteiger partial charge in [-0.15, -0.1) is 0 Å². The smallest absolute Gasteiger partial charge is 0.321 e. The van der Waals surface area contributed by atoms with Gasteiger partial charge in [-0.05, 0) is 50.6 Å². The fraction of sp³-hybridized carbons (Fsp3) is 0.435. The lowest BCUT2D eigenvalue weighted by Gasteiger charge is -2.38. The third-order valence-electron chi connectivity index (χ3n) is 5.68. The van der Waals surface area contributed by atoms with Crippen LogP contribution in [0.4, 0.5) is 16.2 Å². The average molecular weight is 381 g/mol. The molecule has 5 nitrogen and oxygen atoms in total. The van der Waals surface area contributed by atoms with Crippen LogP contribution in [-0.4, -0.2) is 55.1 Å². The van der Waals surface area contributed by atoms with Gasteiger partial charge in [-0.3, -0.25) is 4.90 Å². The number of urea groups is 1. The van der Waals surface area contributed by atoms with Crippen molar-refractivity contribution in [3.8, 4) is 0 Å². The maximum absolute atomic E-state index is 12.6. The quantitative estimate of drug-likeness (QED) is 0.805. The number of carbonyl (C=O) groups is 1. The summed E-state index contributed by atoms with van der Waals surface area (Å²) >= 11 is 0. The van der Waals surface area contributed by atoms with Crippen molar-refractivity contribution in [1.82, 2.24) is 9.80 Å². The van der Waals surface area contributed by atoms with E-state index in [0.717, 1.165) is 45.0 Å². The van der Waals surface area contributed by atoms with Gasteiger partial charge in [0.2, 0.25) is 0 Å². The maximum Gasteiger partial charge on any atom is 0.321 e. The van der Waals surface area contributed by atoms with Crippen molar-refractivity contribution < 1.29 is 4.79 Å². The van der Waals surface area contributed by atoms with Gasteiger partial charge in [0.1, 0.15) is 0 Å². The van der Waals surface area contributed by atoms with Crippen LogP contribution < -0.4 is 10.2 Å². The van der Waals surface area contributed by atoms with Crippen LogP contribution in [0.15, 0.2) is 54.6 Å². The standard InChI is InChI=1S/C23H32N4O/c1-4-25(5-2)22-13-11-21(12-14-22)24-23(28)27-17-15-26(16-18-27)19(3)20-9-7-6-8-10-20/h6-14,19H,4-5,15-18H2,1-3H3,(H,24,28). The Morgan fingerprint density at radius 3 is 2.14 bits per heavy atom. The highest BCUT2D eigenvalue weighted by Gasteiger charge is 2.24. The average Bonchev–Trinajstić information content (AvgIpc) is 2.76. The van der Waals surface area contributed by atoms with E-state index in [2.05, 4.69) is 72.3 Å². The summed E-state index contributed by atoms with van der Waals surface area (Å²) in [7, 11) is 0. The van der Waals surface area contributed by atoms with Crippen LogP contribution in [0.1, 0.15) is 32.4 Å². The van der Waals surface area contributed by atoms with Crippen molar-refractivity contribution in [3.63, 3.8) is 0 Å². The van der Waals surface area contributed by atoms with Crippen molar-refractivity contribution >= 4 is 17.4 Å². The molecule has 1 unspecified atom stereocenters. The highest BCUT2D eigenvalue weighted by Crippen LogP contribution is 2.22. The molecule has 0 aromatic heterocycles. The molecule has 0 aliphatic carbocycles. The number of anilines is 2. The second-order valence-corrected chi connectivity index (χ2v) is 7.26. The van der Waals surface area contributed by atoms with E-state index in [1.165, 1.54) is 11.3 Å². The second-order valence-electron chi connectivity index (χ2n) is 7.26. The molecule has 1 saturated heterocycles. The van der Waals surface area contributed by atoms with Gasteiger partial charge in [0, 0.05) is 56.7 Å². The molecule has 150 valence electrons. The van der Waals surface area contributed by atoms with Crippen molar-refractivity contribution in [1.29, 1.82) is 0 Å². The zero-order valence-electron chi connectivity index (χ0n) is 17.3. The van der Waals surface area contributed by atoms with Crippen molar-refractivity contribution in [2.24, 2.45) is 0 Å². The first-order valence-corrected chi connectivity index (χ1v) is 10.3. The van der Waals surface area contributed by atoms with E-state index < -0.39 is 0 Å². The molecule has 1 aliphatic heterocycles. The van der Waals surface area contributed by atoms with Gasteiger partial charge in [-0.2, -0.15) is 0 Å². The number of nitrogens with zero attached hydrogens (tertiary/aromatic N) is 3. The highest BCUT2D eigenvalue weighted by atomic mass is 16.2. The molecule has 3 rings (SSSR count). The minimum Gasteiger partial charge on any atom is -0.372 e. The third-order valence-corrected chi connectivity index (χ3v) is 5.68. The predicted octanol–water partition coefficient (Wildman–Crippen LogP) is 4.44. The second kappa shape index (κ2) is 9.60. The molecule has 0 bridgehead atoms. The Hall–Kier alpha value is -2.53. The zero-order chi connectivity index (χ0) is 19.9.